The van der Waals surface area contributed by atoms with Crippen molar-refractivity contribution in [3.05, 3.63) is 41.2 Å². The lowest BCUT2D eigenvalue weighted by atomic mass is 9.93. The lowest BCUT2D eigenvalue weighted by Gasteiger charge is -2.11. The molecule has 4 heteroatoms. The van der Waals surface area contributed by atoms with Gasteiger partial charge in [-0.3, -0.25) is 9.48 Å². The van der Waals surface area contributed by atoms with Crippen LogP contribution in [-0.4, -0.2) is 15.7 Å². The highest BCUT2D eigenvalue weighted by Crippen LogP contribution is 2.28. The van der Waals surface area contributed by atoms with Crippen molar-refractivity contribution in [1.29, 1.82) is 0 Å². The fraction of sp³-hybridized carbons (Fsp3) is 0.231. The molecule has 1 amide bonds. The Hall–Kier alpha value is -2.10. The second-order valence-corrected chi connectivity index (χ2v) is 4.20. The van der Waals surface area contributed by atoms with E-state index in [4.69, 9.17) is 5.73 Å². The van der Waals surface area contributed by atoms with Gasteiger partial charge in [-0.25, -0.2) is 0 Å². The molecule has 2 rings (SSSR count). The number of carbonyl (C=O) groups is 1. The Bertz CT molecular complexity index is 584. The number of nitrogens with zero attached hydrogens (tertiary/aromatic N) is 2. The van der Waals surface area contributed by atoms with Gasteiger partial charge in [0.1, 0.15) is 0 Å². The van der Waals surface area contributed by atoms with E-state index in [1.807, 2.05) is 33.2 Å². The van der Waals surface area contributed by atoms with Gasteiger partial charge in [-0.15, -0.1) is 0 Å². The highest BCUT2D eigenvalue weighted by molar-refractivity contribution is 6.00. The first-order valence-corrected chi connectivity index (χ1v) is 5.39. The summed E-state index contributed by atoms with van der Waals surface area (Å²) in [7, 11) is 1.85. The largest absolute Gasteiger partial charge is 0.366 e. The molecule has 0 saturated carbocycles. The van der Waals surface area contributed by atoms with Crippen molar-refractivity contribution in [3.63, 3.8) is 0 Å². The third kappa shape index (κ3) is 1.93. The highest BCUT2D eigenvalue weighted by Gasteiger charge is 2.15. The van der Waals surface area contributed by atoms with Crippen LogP contribution in [-0.2, 0) is 7.05 Å². The molecule has 1 aromatic carbocycles. The first kappa shape index (κ1) is 11.4. The monoisotopic (exact) mass is 229 g/mol. The van der Waals surface area contributed by atoms with Gasteiger partial charge in [-0.1, -0.05) is 6.07 Å². The minimum atomic E-state index is -0.410. The first-order chi connectivity index (χ1) is 8.00. The Balaban J connectivity index is 2.73. The molecule has 0 saturated heterocycles. The molecular weight excluding hydrogens is 214 g/mol. The van der Waals surface area contributed by atoms with Gasteiger partial charge in [-0.05, 0) is 31.0 Å². The molecule has 4 nitrogen and oxygen atoms in total. The van der Waals surface area contributed by atoms with Gasteiger partial charge in [-0.2, -0.15) is 5.10 Å². The lowest BCUT2D eigenvalue weighted by Crippen LogP contribution is -2.13. The van der Waals surface area contributed by atoms with Crippen LogP contribution in [0.2, 0.25) is 0 Å². The molecule has 0 unspecified atom stereocenters. The van der Waals surface area contributed by atoms with Crippen molar-refractivity contribution in [2.45, 2.75) is 13.8 Å². The van der Waals surface area contributed by atoms with E-state index in [9.17, 15) is 4.79 Å². The minimum absolute atomic E-state index is 0.410. The molecule has 1 heterocycles. The smallest absolute Gasteiger partial charge is 0.249 e. The van der Waals surface area contributed by atoms with Crippen molar-refractivity contribution >= 4 is 5.91 Å². The van der Waals surface area contributed by atoms with Crippen molar-refractivity contribution in [1.82, 2.24) is 9.78 Å². The van der Waals surface area contributed by atoms with Crippen LogP contribution in [0.1, 0.15) is 21.5 Å². The summed E-state index contributed by atoms with van der Waals surface area (Å²) in [4.78, 5) is 11.5. The summed E-state index contributed by atoms with van der Waals surface area (Å²) in [5, 5.41) is 4.13. The number of primary amides is 1. The van der Waals surface area contributed by atoms with Crippen LogP contribution in [0.4, 0.5) is 0 Å². The van der Waals surface area contributed by atoms with Gasteiger partial charge in [0.05, 0.1) is 6.20 Å². The molecule has 0 aliphatic rings. The Morgan fingerprint density at radius 1 is 1.35 bits per heavy atom. The molecule has 0 fully saturated rings. The zero-order chi connectivity index (χ0) is 12.6. The zero-order valence-corrected chi connectivity index (χ0v) is 10.2. The minimum Gasteiger partial charge on any atom is -0.366 e. The molecule has 17 heavy (non-hydrogen) atoms. The summed E-state index contributed by atoms with van der Waals surface area (Å²) in [5.41, 5.74) is 9.95. The van der Waals surface area contributed by atoms with Crippen LogP contribution in [0.3, 0.4) is 0 Å². The van der Waals surface area contributed by atoms with Gasteiger partial charge in [0.15, 0.2) is 0 Å². The van der Waals surface area contributed by atoms with E-state index in [1.165, 1.54) is 0 Å². The van der Waals surface area contributed by atoms with Crippen LogP contribution in [0.15, 0.2) is 24.5 Å². The summed E-state index contributed by atoms with van der Waals surface area (Å²) < 4.78 is 1.71. The summed E-state index contributed by atoms with van der Waals surface area (Å²) in [6.07, 6.45) is 3.63. The second kappa shape index (κ2) is 4.05. The Kier molecular flexibility index (Phi) is 2.71. The lowest BCUT2D eigenvalue weighted by molar-refractivity contribution is 0.100. The molecule has 0 bridgehead atoms. The Morgan fingerprint density at radius 2 is 2.06 bits per heavy atom. The van der Waals surface area contributed by atoms with Crippen LogP contribution >= 0.6 is 0 Å². The molecule has 0 aliphatic carbocycles. The summed E-state index contributed by atoms with van der Waals surface area (Å²) in [6.45, 7) is 4.00. The van der Waals surface area contributed by atoms with E-state index < -0.39 is 5.91 Å². The fourth-order valence-corrected chi connectivity index (χ4v) is 1.94. The Labute approximate surface area is 100 Å². The van der Waals surface area contributed by atoms with Crippen LogP contribution in [0.25, 0.3) is 11.1 Å². The molecule has 2 N–H and O–H groups in total. The van der Waals surface area contributed by atoms with Gasteiger partial charge in [0.25, 0.3) is 0 Å². The van der Waals surface area contributed by atoms with Crippen LogP contribution in [0, 0.1) is 13.8 Å². The SMILES string of the molecule is Cc1ccc(C(N)=O)c(-c2cnn(C)c2)c1C. The van der Waals surface area contributed by atoms with Crippen LogP contribution < -0.4 is 5.73 Å². The number of carbonyl (C=O) groups excluding carboxylic acids is 1. The molecule has 0 radical (unpaired) electrons. The topological polar surface area (TPSA) is 60.9 Å². The average molecular weight is 229 g/mol. The van der Waals surface area contributed by atoms with Crippen molar-refractivity contribution < 1.29 is 4.79 Å². The molecule has 0 spiro atoms. The molecule has 0 atom stereocenters. The number of hydrogen-bond acceptors (Lipinski definition) is 2. The van der Waals surface area contributed by atoms with Gasteiger partial charge >= 0.3 is 0 Å². The number of nitrogens with two attached hydrogens (primary N) is 1. The predicted octanol–water partition coefficient (Wildman–Crippen LogP) is 1.80. The normalized spacial score (nSPS) is 10.5. The molecular formula is C13H15N3O. The maximum atomic E-state index is 11.5. The predicted molar refractivity (Wildman–Crippen MR) is 66.6 cm³/mol. The third-order valence-corrected chi connectivity index (χ3v) is 2.99. The van der Waals surface area contributed by atoms with Gasteiger partial charge < -0.3 is 5.73 Å². The second-order valence-electron chi connectivity index (χ2n) is 4.20. The van der Waals surface area contributed by atoms with E-state index in [0.717, 1.165) is 22.3 Å². The molecule has 0 aliphatic heterocycles. The average Bonchev–Trinajstić information content (AvgIpc) is 2.68. The first-order valence-electron chi connectivity index (χ1n) is 5.39. The molecule has 1 aromatic heterocycles. The summed E-state index contributed by atoms with van der Waals surface area (Å²) >= 11 is 0. The van der Waals surface area contributed by atoms with Gasteiger partial charge in [0, 0.05) is 29.9 Å². The molecule has 88 valence electrons. The number of aromatic nitrogens is 2. The Morgan fingerprint density at radius 3 is 2.59 bits per heavy atom. The van der Waals surface area contributed by atoms with Gasteiger partial charge in [0.2, 0.25) is 5.91 Å². The maximum Gasteiger partial charge on any atom is 0.249 e. The molecule has 2 aromatic rings. The number of hydrogen-bond donors (Lipinski definition) is 1. The van der Waals surface area contributed by atoms with Crippen molar-refractivity contribution in [2.75, 3.05) is 0 Å². The number of amides is 1. The number of benzene rings is 1. The van der Waals surface area contributed by atoms with E-state index in [1.54, 1.807) is 16.9 Å². The van der Waals surface area contributed by atoms with Crippen molar-refractivity contribution in [3.8, 4) is 11.1 Å². The van der Waals surface area contributed by atoms with E-state index in [-0.39, 0.29) is 0 Å². The maximum absolute atomic E-state index is 11.5. The summed E-state index contributed by atoms with van der Waals surface area (Å²) in [6, 6.07) is 3.68. The number of aryl methyl sites for hydroxylation is 2. The van der Waals surface area contributed by atoms with Crippen LogP contribution in [0.5, 0.6) is 0 Å². The highest BCUT2D eigenvalue weighted by atomic mass is 16.1. The van der Waals surface area contributed by atoms with Crippen molar-refractivity contribution in [2.24, 2.45) is 12.8 Å². The van der Waals surface area contributed by atoms with E-state index >= 15 is 0 Å². The quantitative estimate of drug-likeness (QED) is 0.853. The van der Waals surface area contributed by atoms with E-state index in [2.05, 4.69) is 5.10 Å². The zero-order valence-electron chi connectivity index (χ0n) is 10.2. The third-order valence-electron chi connectivity index (χ3n) is 2.99. The number of rotatable bonds is 2. The van der Waals surface area contributed by atoms with E-state index in [0.29, 0.717) is 5.56 Å². The summed E-state index contributed by atoms with van der Waals surface area (Å²) in [5.74, 6) is -0.410. The standard InChI is InChI=1S/C13H15N3O/c1-8-4-5-11(13(14)17)12(9(8)2)10-6-15-16(3)7-10/h4-7H,1-3H3,(H2,14,17). The fourth-order valence-electron chi connectivity index (χ4n) is 1.94.